The summed E-state index contributed by atoms with van der Waals surface area (Å²) in [7, 11) is 0. The number of ether oxygens (including phenoxy) is 1. The maximum absolute atomic E-state index is 11.7. The molecule has 104 valence electrons. The number of hydrogen-bond donors (Lipinski definition) is 0. The highest BCUT2D eigenvalue weighted by molar-refractivity contribution is 6.31. The molecule has 2 nitrogen and oxygen atoms in total. The highest BCUT2D eigenvalue weighted by atomic mass is 35.5. The maximum Gasteiger partial charge on any atom is 0.170 e. The number of allylic oxidation sites excluding steroid dienone is 4. The Morgan fingerprint density at radius 1 is 1.47 bits per heavy atom. The minimum absolute atomic E-state index is 0.0402. The van der Waals surface area contributed by atoms with Gasteiger partial charge in [0.2, 0.25) is 0 Å². The number of rotatable bonds is 8. The van der Waals surface area contributed by atoms with Crippen LogP contribution in [0.15, 0.2) is 47.8 Å². The Morgan fingerprint density at radius 3 is 2.58 bits per heavy atom. The van der Waals surface area contributed by atoms with E-state index in [0.29, 0.717) is 18.1 Å². The highest BCUT2D eigenvalue weighted by Crippen LogP contribution is 2.34. The molecule has 0 heterocycles. The van der Waals surface area contributed by atoms with Crippen LogP contribution in [0.5, 0.6) is 0 Å². The van der Waals surface area contributed by atoms with E-state index >= 15 is 0 Å². The lowest BCUT2D eigenvalue weighted by atomic mass is 9.78. The van der Waals surface area contributed by atoms with Gasteiger partial charge in [-0.2, -0.15) is 0 Å². The molecule has 1 rings (SSSR count). The SMILES string of the molecule is C=C(C)/C=C(/OCC(=O)CCC1CC(=C)C1)C(=C)Cl. The molecular weight excluding hydrogens is 260 g/mol. The molecule has 1 saturated carbocycles. The van der Waals surface area contributed by atoms with Gasteiger partial charge in [0.1, 0.15) is 12.4 Å². The van der Waals surface area contributed by atoms with Gasteiger partial charge in [-0.05, 0) is 38.2 Å². The van der Waals surface area contributed by atoms with Crippen LogP contribution >= 0.6 is 11.6 Å². The van der Waals surface area contributed by atoms with Crippen LogP contribution in [-0.2, 0) is 9.53 Å². The van der Waals surface area contributed by atoms with Crippen molar-refractivity contribution in [1.82, 2.24) is 0 Å². The van der Waals surface area contributed by atoms with Gasteiger partial charge in [-0.25, -0.2) is 0 Å². The molecule has 0 saturated heterocycles. The Balaban J connectivity index is 2.29. The first-order valence-electron chi connectivity index (χ1n) is 6.41. The molecule has 0 amide bonds. The Labute approximate surface area is 120 Å². The molecule has 1 aliphatic carbocycles. The zero-order valence-corrected chi connectivity index (χ0v) is 12.3. The first-order chi connectivity index (χ1) is 8.88. The zero-order valence-electron chi connectivity index (χ0n) is 11.5. The van der Waals surface area contributed by atoms with Crippen molar-refractivity contribution in [2.75, 3.05) is 6.61 Å². The second kappa shape index (κ2) is 7.34. The van der Waals surface area contributed by atoms with Crippen molar-refractivity contribution in [2.45, 2.75) is 32.6 Å². The van der Waals surface area contributed by atoms with Crippen molar-refractivity contribution in [2.24, 2.45) is 5.92 Å². The molecule has 19 heavy (non-hydrogen) atoms. The highest BCUT2D eigenvalue weighted by Gasteiger charge is 2.21. The number of carbonyl (C=O) groups excluding carboxylic acids is 1. The molecule has 0 aromatic heterocycles. The number of halogens is 1. The van der Waals surface area contributed by atoms with Gasteiger partial charge in [0.25, 0.3) is 0 Å². The summed E-state index contributed by atoms with van der Waals surface area (Å²) in [5.41, 5.74) is 2.09. The summed E-state index contributed by atoms with van der Waals surface area (Å²) in [5, 5.41) is 0.283. The molecular formula is C16H21ClO2. The summed E-state index contributed by atoms with van der Waals surface area (Å²) in [4.78, 5) is 11.7. The number of hydrogen-bond acceptors (Lipinski definition) is 2. The summed E-state index contributed by atoms with van der Waals surface area (Å²) in [6.45, 7) is 13.1. The molecule has 1 aliphatic rings. The summed E-state index contributed by atoms with van der Waals surface area (Å²) in [6.07, 6.45) is 5.27. The Kier molecular flexibility index (Phi) is 6.10. The average molecular weight is 281 g/mol. The van der Waals surface area contributed by atoms with Crippen LogP contribution in [0.25, 0.3) is 0 Å². The Hall–Kier alpha value is -1.28. The van der Waals surface area contributed by atoms with E-state index in [9.17, 15) is 4.79 Å². The van der Waals surface area contributed by atoms with E-state index < -0.39 is 0 Å². The zero-order chi connectivity index (χ0) is 14.4. The van der Waals surface area contributed by atoms with Crippen LogP contribution in [0.4, 0.5) is 0 Å². The quantitative estimate of drug-likeness (QED) is 0.371. The van der Waals surface area contributed by atoms with Crippen LogP contribution < -0.4 is 0 Å². The number of Topliss-reactive ketones (excluding diaryl/α,β-unsaturated/α-hetero) is 1. The molecule has 0 unspecified atom stereocenters. The number of carbonyl (C=O) groups is 1. The van der Waals surface area contributed by atoms with Gasteiger partial charge in [0, 0.05) is 6.42 Å². The van der Waals surface area contributed by atoms with Crippen LogP contribution in [0.3, 0.4) is 0 Å². The smallest absolute Gasteiger partial charge is 0.170 e. The van der Waals surface area contributed by atoms with E-state index in [1.54, 1.807) is 6.08 Å². The molecule has 0 N–H and O–H groups in total. The van der Waals surface area contributed by atoms with Crippen LogP contribution in [-0.4, -0.2) is 12.4 Å². The third kappa shape index (κ3) is 5.93. The van der Waals surface area contributed by atoms with Crippen molar-refractivity contribution in [3.8, 4) is 0 Å². The van der Waals surface area contributed by atoms with Gasteiger partial charge in [0.05, 0.1) is 5.03 Å². The molecule has 0 aromatic rings. The molecule has 0 spiro atoms. The summed E-state index contributed by atoms with van der Waals surface area (Å²) in [5.74, 6) is 1.13. The van der Waals surface area contributed by atoms with Crippen molar-refractivity contribution < 1.29 is 9.53 Å². The first-order valence-corrected chi connectivity index (χ1v) is 6.79. The topological polar surface area (TPSA) is 26.3 Å². The fourth-order valence-electron chi connectivity index (χ4n) is 1.98. The second-order valence-electron chi connectivity index (χ2n) is 5.15. The fourth-order valence-corrected chi connectivity index (χ4v) is 2.09. The molecule has 0 radical (unpaired) electrons. The first kappa shape index (κ1) is 15.8. The van der Waals surface area contributed by atoms with Gasteiger partial charge >= 0.3 is 0 Å². The molecule has 1 fully saturated rings. The van der Waals surface area contributed by atoms with E-state index in [1.165, 1.54) is 5.57 Å². The Morgan fingerprint density at radius 2 is 2.11 bits per heavy atom. The maximum atomic E-state index is 11.7. The minimum Gasteiger partial charge on any atom is -0.484 e. The van der Waals surface area contributed by atoms with Gasteiger partial charge < -0.3 is 4.74 Å². The van der Waals surface area contributed by atoms with Gasteiger partial charge in [0.15, 0.2) is 5.78 Å². The van der Waals surface area contributed by atoms with E-state index in [-0.39, 0.29) is 17.4 Å². The van der Waals surface area contributed by atoms with E-state index in [1.807, 2.05) is 6.92 Å². The van der Waals surface area contributed by atoms with Crippen molar-refractivity contribution >= 4 is 17.4 Å². The lowest BCUT2D eigenvalue weighted by Crippen LogP contribution is -2.17. The summed E-state index contributed by atoms with van der Waals surface area (Å²) < 4.78 is 5.38. The third-order valence-electron chi connectivity index (χ3n) is 3.02. The molecule has 0 aliphatic heterocycles. The van der Waals surface area contributed by atoms with Gasteiger partial charge in [-0.15, -0.1) is 0 Å². The molecule has 0 aromatic carbocycles. The van der Waals surface area contributed by atoms with Crippen molar-refractivity contribution in [1.29, 1.82) is 0 Å². The third-order valence-corrected chi connectivity index (χ3v) is 3.21. The van der Waals surface area contributed by atoms with Crippen LogP contribution in [0.1, 0.15) is 32.6 Å². The summed E-state index contributed by atoms with van der Waals surface area (Å²) in [6, 6.07) is 0. The predicted octanol–water partition coefficient (Wildman–Crippen LogP) is 4.53. The van der Waals surface area contributed by atoms with Gasteiger partial charge in [-0.1, -0.05) is 42.5 Å². The molecule has 0 bridgehead atoms. The standard InChI is InChI=1S/C16H21ClO2/c1-11(2)7-16(13(4)17)19-10-15(18)6-5-14-8-12(3)9-14/h7,14H,1,3-6,8-10H2,2H3/b16-7+. The largest absolute Gasteiger partial charge is 0.484 e. The van der Waals surface area contributed by atoms with Crippen molar-refractivity contribution in [3.05, 3.63) is 47.8 Å². The lowest BCUT2D eigenvalue weighted by Gasteiger charge is -2.27. The average Bonchev–Trinajstić information content (AvgIpc) is 2.27. The van der Waals surface area contributed by atoms with Crippen LogP contribution in [0.2, 0.25) is 0 Å². The van der Waals surface area contributed by atoms with Crippen LogP contribution in [0, 0.1) is 5.92 Å². The molecule has 3 heteroatoms. The van der Waals surface area contributed by atoms with Gasteiger partial charge in [-0.3, -0.25) is 4.79 Å². The normalized spacial score (nSPS) is 15.9. The minimum atomic E-state index is 0.0402. The fraction of sp³-hybridized carbons (Fsp3) is 0.438. The lowest BCUT2D eigenvalue weighted by molar-refractivity contribution is -0.122. The Bertz CT molecular complexity index is 424. The second-order valence-corrected chi connectivity index (χ2v) is 5.61. The van der Waals surface area contributed by atoms with Crippen molar-refractivity contribution in [3.63, 3.8) is 0 Å². The number of ketones is 1. The summed E-state index contributed by atoms with van der Waals surface area (Å²) >= 11 is 5.80. The van der Waals surface area contributed by atoms with E-state index in [0.717, 1.165) is 24.8 Å². The predicted molar refractivity (Wildman–Crippen MR) is 79.9 cm³/mol. The van der Waals surface area contributed by atoms with E-state index in [4.69, 9.17) is 16.3 Å². The van der Waals surface area contributed by atoms with E-state index in [2.05, 4.69) is 19.7 Å². The molecule has 0 atom stereocenters. The monoisotopic (exact) mass is 280 g/mol.